The normalized spacial score (nSPS) is 12.4. The Hall–Kier alpha value is -0.330. The summed E-state index contributed by atoms with van der Waals surface area (Å²) in [5.41, 5.74) is 0.703. The Labute approximate surface area is 130 Å². The van der Waals surface area contributed by atoms with Crippen LogP contribution >= 0.6 is 23.2 Å². The van der Waals surface area contributed by atoms with Crippen LogP contribution in [0.5, 0.6) is 0 Å². The van der Waals surface area contributed by atoms with E-state index in [9.17, 15) is 8.42 Å². The summed E-state index contributed by atoms with van der Waals surface area (Å²) in [5, 5.41) is 3.77. The van der Waals surface area contributed by atoms with Crippen LogP contribution in [0.2, 0.25) is 10.0 Å². The van der Waals surface area contributed by atoms with Crippen molar-refractivity contribution in [3.63, 3.8) is 0 Å². The van der Waals surface area contributed by atoms with Crippen molar-refractivity contribution in [2.24, 2.45) is 0 Å². The maximum atomic E-state index is 12.2. The fraction of sp³-hybridized carbons (Fsp3) is 0.538. The first-order valence-corrected chi connectivity index (χ1v) is 8.61. The minimum atomic E-state index is -3.64. The first kappa shape index (κ1) is 17.7. The highest BCUT2D eigenvalue weighted by molar-refractivity contribution is 7.89. The molecule has 0 atom stereocenters. The average Bonchev–Trinajstić information content (AvgIpc) is 2.25. The summed E-state index contributed by atoms with van der Waals surface area (Å²) in [6.45, 7) is 7.99. The van der Waals surface area contributed by atoms with Gasteiger partial charge in [0, 0.05) is 23.7 Å². The van der Waals surface area contributed by atoms with Gasteiger partial charge in [-0.15, -0.1) is 0 Å². The molecule has 0 bridgehead atoms. The van der Waals surface area contributed by atoms with Gasteiger partial charge in [-0.3, -0.25) is 0 Å². The van der Waals surface area contributed by atoms with Crippen LogP contribution in [0.25, 0.3) is 0 Å². The fourth-order valence-electron chi connectivity index (χ4n) is 1.60. The zero-order valence-electron chi connectivity index (χ0n) is 12.0. The lowest BCUT2D eigenvalue weighted by Gasteiger charge is -2.14. The Kier molecular flexibility index (Phi) is 6.28. The van der Waals surface area contributed by atoms with Crippen LogP contribution in [-0.2, 0) is 16.6 Å². The predicted molar refractivity (Wildman–Crippen MR) is 83.9 cm³/mol. The number of sulfonamides is 1. The van der Waals surface area contributed by atoms with E-state index < -0.39 is 10.0 Å². The van der Waals surface area contributed by atoms with Gasteiger partial charge in [0.1, 0.15) is 4.90 Å². The van der Waals surface area contributed by atoms with Gasteiger partial charge in [-0.1, -0.05) is 37.0 Å². The number of nitrogens with one attached hydrogen (secondary N) is 2. The van der Waals surface area contributed by atoms with Gasteiger partial charge >= 0.3 is 0 Å². The summed E-state index contributed by atoms with van der Waals surface area (Å²) in [7, 11) is -3.64. The van der Waals surface area contributed by atoms with Crippen LogP contribution in [0.1, 0.15) is 33.3 Å². The summed E-state index contributed by atoms with van der Waals surface area (Å²) in [4.78, 5) is 0.0535. The molecule has 7 heteroatoms. The lowest BCUT2D eigenvalue weighted by Crippen LogP contribution is -2.30. The van der Waals surface area contributed by atoms with Gasteiger partial charge in [-0.2, -0.15) is 0 Å². The number of hydrogen-bond acceptors (Lipinski definition) is 3. The molecule has 0 spiro atoms. The van der Waals surface area contributed by atoms with Crippen LogP contribution < -0.4 is 10.0 Å². The molecule has 0 radical (unpaired) electrons. The van der Waals surface area contributed by atoms with E-state index in [2.05, 4.69) is 10.0 Å². The van der Waals surface area contributed by atoms with Gasteiger partial charge in [-0.25, -0.2) is 13.1 Å². The van der Waals surface area contributed by atoms with Gasteiger partial charge in [0.15, 0.2) is 0 Å². The largest absolute Gasteiger partial charge is 0.310 e. The zero-order valence-corrected chi connectivity index (χ0v) is 14.3. The first-order valence-electron chi connectivity index (χ1n) is 6.37. The van der Waals surface area contributed by atoms with E-state index in [1.54, 1.807) is 13.8 Å². The average molecular weight is 339 g/mol. The molecule has 114 valence electrons. The van der Waals surface area contributed by atoms with Crippen molar-refractivity contribution in [2.45, 2.75) is 51.2 Å². The van der Waals surface area contributed by atoms with Crippen molar-refractivity contribution in [1.29, 1.82) is 0 Å². The summed E-state index contributed by atoms with van der Waals surface area (Å²) < 4.78 is 26.9. The van der Waals surface area contributed by atoms with Crippen LogP contribution in [0.4, 0.5) is 0 Å². The molecule has 1 aromatic rings. The predicted octanol–water partition coefficient (Wildman–Crippen LogP) is 3.18. The van der Waals surface area contributed by atoms with E-state index in [1.807, 2.05) is 13.8 Å². The third-order valence-electron chi connectivity index (χ3n) is 2.48. The molecular formula is C13H20Cl2N2O2S. The topological polar surface area (TPSA) is 58.2 Å². The van der Waals surface area contributed by atoms with Crippen molar-refractivity contribution in [3.05, 3.63) is 27.7 Å². The molecule has 4 nitrogen and oxygen atoms in total. The third kappa shape index (κ3) is 4.90. The van der Waals surface area contributed by atoms with Crippen molar-refractivity contribution in [3.8, 4) is 0 Å². The standard InChI is InChI=1S/C13H20Cl2N2O2S/c1-8(2)16-7-10-5-13(12(15)6-11(10)14)20(18,19)17-9(3)4/h5-6,8-9,16-17H,7H2,1-4H3. The minimum absolute atomic E-state index is 0.0535. The summed E-state index contributed by atoms with van der Waals surface area (Å²) in [5.74, 6) is 0. The maximum absolute atomic E-state index is 12.2. The van der Waals surface area contributed by atoms with Gasteiger partial charge in [0.2, 0.25) is 10.0 Å². The molecule has 0 amide bonds. The second kappa shape index (κ2) is 7.09. The Morgan fingerprint density at radius 2 is 1.65 bits per heavy atom. The number of rotatable bonds is 6. The molecule has 0 aliphatic carbocycles. The molecule has 1 rings (SSSR count). The molecule has 0 unspecified atom stereocenters. The summed E-state index contributed by atoms with van der Waals surface area (Å²) >= 11 is 12.1. The molecule has 2 N–H and O–H groups in total. The lowest BCUT2D eigenvalue weighted by molar-refractivity contribution is 0.569. The van der Waals surface area contributed by atoms with Gasteiger partial charge in [-0.05, 0) is 31.5 Å². The minimum Gasteiger partial charge on any atom is -0.310 e. The number of hydrogen-bond donors (Lipinski definition) is 2. The van der Waals surface area contributed by atoms with Crippen molar-refractivity contribution < 1.29 is 8.42 Å². The molecule has 0 aromatic heterocycles. The second-order valence-corrected chi connectivity index (χ2v) is 7.68. The summed E-state index contributed by atoms with van der Waals surface area (Å²) in [6, 6.07) is 3.06. The van der Waals surface area contributed by atoms with Crippen LogP contribution in [0.15, 0.2) is 17.0 Å². The van der Waals surface area contributed by atoms with E-state index in [-0.39, 0.29) is 22.0 Å². The lowest BCUT2D eigenvalue weighted by atomic mass is 10.2. The molecule has 0 saturated heterocycles. The highest BCUT2D eigenvalue weighted by Gasteiger charge is 2.21. The fourth-order valence-corrected chi connectivity index (χ4v) is 3.72. The molecule has 20 heavy (non-hydrogen) atoms. The Bertz CT molecular complexity index is 572. The van der Waals surface area contributed by atoms with E-state index >= 15 is 0 Å². The highest BCUT2D eigenvalue weighted by Crippen LogP contribution is 2.28. The first-order chi connectivity index (χ1) is 9.13. The van der Waals surface area contributed by atoms with E-state index in [0.29, 0.717) is 17.1 Å². The second-order valence-electron chi connectivity index (χ2n) is 5.19. The molecule has 0 aliphatic heterocycles. The molecular weight excluding hydrogens is 319 g/mol. The van der Waals surface area contributed by atoms with Crippen LogP contribution in [0, 0.1) is 0 Å². The van der Waals surface area contributed by atoms with Crippen molar-refractivity contribution in [1.82, 2.24) is 10.0 Å². The Balaban J connectivity index is 3.17. The van der Waals surface area contributed by atoms with Crippen molar-refractivity contribution in [2.75, 3.05) is 0 Å². The van der Waals surface area contributed by atoms with Crippen molar-refractivity contribution >= 4 is 33.2 Å². The molecule has 0 fully saturated rings. The molecule has 0 saturated carbocycles. The zero-order chi connectivity index (χ0) is 15.5. The van der Waals surface area contributed by atoms with E-state index in [1.165, 1.54) is 12.1 Å². The SMILES string of the molecule is CC(C)NCc1cc(S(=O)(=O)NC(C)C)c(Cl)cc1Cl. The van der Waals surface area contributed by atoms with Gasteiger partial charge < -0.3 is 5.32 Å². The van der Waals surface area contributed by atoms with Crippen LogP contribution in [0.3, 0.4) is 0 Å². The molecule has 0 heterocycles. The smallest absolute Gasteiger partial charge is 0.242 e. The monoisotopic (exact) mass is 338 g/mol. The molecule has 1 aromatic carbocycles. The number of benzene rings is 1. The molecule has 0 aliphatic rings. The van der Waals surface area contributed by atoms with E-state index in [0.717, 1.165) is 0 Å². The number of halogens is 2. The quantitative estimate of drug-likeness (QED) is 0.837. The highest BCUT2D eigenvalue weighted by atomic mass is 35.5. The Morgan fingerprint density at radius 1 is 1.05 bits per heavy atom. The maximum Gasteiger partial charge on any atom is 0.242 e. The van der Waals surface area contributed by atoms with Gasteiger partial charge in [0.25, 0.3) is 0 Å². The van der Waals surface area contributed by atoms with Crippen LogP contribution in [-0.4, -0.2) is 20.5 Å². The summed E-state index contributed by atoms with van der Waals surface area (Å²) in [6.07, 6.45) is 0. The Morgan fingerprint density at radius 3 is 2.15 bits per heavy atom. The third-order valence-corrected chi connectivity index (χ3v) is 4.96. The van der Waals surface area contributed by atoms with Gasteiger partial charge in [0.05, 0.1) is 5.02 Å². The van der Waals surface area contributed by atoms with E-state index in [4.69, 9.17) is 23.2 Å².